The highest BCUT2D eigenvalue weighted by atomic mass is 79.9. The van der Waals surface area contributed by atoms with Crippen molar-refractivity contribution in [2.75, 3.05) is 10.5 Å². The van der Waals surface area contributed by atoms with Gasteiger partial charge in [0.1, 0.15) is 5.82 Å². The van der Waals surface area contributed by atoms with Crippen molar-refractivity contribution in [2.45, 2.75) is 6.42 Å². The fourth-order valence-corrected chi connectivity index (χ4v) is 2.93. The molecular formula is C13H12BrFN2O2S. The number of pyridine rings is 1. The number of hydrogen-bond acceptors (Lipinski definition) is 3. The first-order chi connectivity index (χ1) is 9.46. The number of sulfonamides is 1. The van der Waals surface area contributed by atoms with Gasteiger partial charge in [-0.3, -0.25) is 9.71 Å². The van der Waals surface area contributed by atoms with Gasteiger partial charge in [-0.05, 0) is 58.2 Å². The third kappa shape index (κ3) is 4.28. The van der Waals surface area contributed by atoms with E-state index in [9.17, 15) is 12.8 Å². The Balaban J connectivity index is 2.02. The molecule has 0 atom stereocenters. The van der Waals surface area contributed by atoms with Gasteiger partial charge in [0.25, 0.3) is 0 Å². The molecule has 7 heteroatoms. The van der Waals surface area contributed by atoms with Crippen LogP contribution < -0.4 is 4.72 Å². The van der Waals surface area contributed by atoms with Gasteiger partial charge in [-0.2, -0.15) is 0 Å². The van der Waals surface area contributed by atoms with Crippen LogP contribution in [0.2, 0.25) is 0 Å². The van der Waals surface area contributed by atoms with Crippen molar-refractivity contribution in [1.82, 2.24) is 4.98 Å². The number of nitrogens with one attached hydrogen (secondary N) is 1. The van der Waals surface area contributed by atoms with Crippen molar-refractivity contribution in [3.63, 3.8) is 0 Å². The molecule has 0 unspecified atom stereocenters. The third-order valence-electron chi connectivity index (χ3n) is 2.60. The second-order valence-electron chi connectivity index (χ2n) is 4.16. The Labute approximate surface area is 125 Å². The van der Waals surface area contributed by atoms with Crippen LogP contribution in [0.3, 0.4) is 0 Å². The summed E-state index contributed by atoms with van der Waals surface area (Å²) in [6.07, 6.45) is 3.59. The highest BCUT2D eigenvalue weighted by molar-refractivity contribution is 9.10. The van der Waals surface area contributed by atoms with E-state index in [-0.39, 0.29) is 15.9 Å². The van der Waals surface area contributed by atoms with E-state index in [4.69, 9.17) is 0 Å². The van der Waals surface area contributed by atoms with Gasteiger partial charge in [0, 0.05) is 12.4 Å². The predicted octanol–water partition coefficient (Wildman–Crippen LogP) is 2.97. The molecule has 0 aliphatic heterocycles. The summed E-state index contributed by atoms with van der Waals surface area (Å²) in [6, 6.07) is 7.60. The van der Waals surface area contributed by atoms with E-state index in [0.29, 0.717) is 6.42 Å². The minimum Gasteiger partial charge on any atom is -0.283 e. The molecule has 0 amide bonds. The van der Waals surface area contributed by atoms with Crippen LogP contribution in [0.15, 0.2) is 47.2 Å². The monoisotopic (exact) mass is 358 g/mol. The molecule has 0 saturated heterocycles. The first-order valence-corrected chi connectivity index (χ1v) is 8.25. The summed E-state index contributed by atoms with van der Waals surface area (Å²) >= 11 is 3.01. The molecule has 106 valence electrons. The molecule has 4 nitrogen and oxygen atoms in total. The lowest BCUT2D eigenvalue weighted by Gasteiger charge is -2.08. The first kappa shape index (κ1) is 14.9. The summed E-state index contributed by atoms with van der Waals surface area (Å²) in [5.74, 6) is -0.589. The normalized spacial score (nSPS) is 11.3. The third-order valence-corrected chi connectivity index (χ3v) is 4.53. The summed E-state index contributed by atoms with van der Waals surface area (Å²) in [5, 5.41) is 0. The van der Waals surface area contributed by atoms with Crippen LogP contribution in [0.5, 0.6) is 0 Å². The van der Waals surface area contributed by atoms with Gasteiger partial charge in [-0.15, -0.1) is 0 Å². The number of anilines is 1. The molecule has 1 aromatic carbocycles. The highest BCUT2D eigenvalue weighted by Gasteiger charge is 2.11. The number of benzene rings is 1. The fourth-order valence-electron chi connectivity index (χ4n) is 1.59. The van der Waals surface area contributed by atoms with Crippen LogP contribution in [0, 0.1) is 5.82 Å². The molecule has 1 N–H and O–H groups in total. The molecule has 0 aliphatic carbocycles. The number of nitrogens with zero attached hydrogens (tertiary/aromatic N) is 1. The SMILES string of the molecule is O=S(=O)(CCc1ccncc1)Nc1ccc(Br)c(F)c1. The lowest BCUT2D eigenvalue weighted by molar-refractivity contribution is 0.600. The zero-order valence-electron chi connectivity index (χ0n) is 10.4. The minimum atomic E-state index is -3.51. The summed E-state index contributed by atoms with van der Waals surface area (Å²) in [6.45, 7) is 0. The Morgan fingerprint density at radius 2 is 1.90 bits per heavy atom. The van der Waals surface area contributed by atoms with E-state index >= 15 is 0 Å². The van der Waals surface area contributed by atoms with E-state index in [0.717, 1.165) is 11.6 Å². The highest BCUT2D eigenvalue weighted by Crippen LogP contribution is 2.20. The molecule has 2 aromatic rings. The van der Waals surface area contributed by atoms with E-state index in [1.807, 2.05) is 0 Å². The molecule has 1 heterocycles. The Morgan fingerprint density at radius 3 is 2.55 bits per heavy atom. The van der Waals surface area contributed by atoms with Crippen molar-refractivity contribution in [3.05, 3.63) is 58.6 Å². The number of hydrogen-bond donors (Lipinski definition) is 1. The molecule has 0 saturated carbocycles. The molecule has 0 radical (unpaired) electrons. The fraction of sp³-hybridized carbons (Fsp3) is 0.154. The predicted molar refractivity (Wildman–Crippen MR) is 79.5 cm³/mol. The van der Waals surface area contributed by atoms with Gasteiger partial charge in [0.2, 0.25) is 10.0 Å². The van der Waals surface area contributed by atoms with Crippen LogP contribution in [-0.4, -0.2) is 19.2 Å². The Bertz CT molecular complexity index is 693. The van der Waals surface area contributed by atoms with Gasteiger partial charge in [-0.1, -0.05) is 0 Å². The van der Waals surface area contributed by atoms with E-state index in [1.165, 1.54) is 12.1 Å². The molecular weight excluding hydrogens is 347 g/mol. The van der Waals surface area contributed by atoms with Crippen molar-refractivity contribution in [2.24, 2.45) is 0 Å². The van der Waals surface area contributed by atoms with E-state index < -0.39 is 15.8 Å². The quantitative estimate of drug-likeness (QED) is 0.893. The Kier molecular flexibility index (Phi) is 4.72. The molecule has 0 spiro atoms. The van der Waals surface area contributed by atoms with Crippen molar-refractivity contribution in [1.29, 1.82) is 0 Å². The zero-order chi connectivity index (χ0) is 14.6. The second-order valence-corrected chi connectivity index (χ2v) is 6.85. The maximum atomic E-state index is 13.3. The maximum absolute atomic E-state index is 13.3. The van der Waals surface area contributed by atoms with Gasteiger partial charge >= 0.3 is 0 Å². The molecule has 1 aromatic heterocycles. The maximum Gasteiger partial charge on any atom is 0.233 e. The second kappa shape index (κ2) is 6.32. The summed E-state index contributed by atoms with van der Waals surface area (Å²) in [7, 11) is -3.51. The molecule has 0 aliphatic rings. The number of aryl methyl sites for hydroxylation is 1. The van der Waals surface area contributed by atoms with Crippen molar-refractivity contribution >= 4 is 31.6 Å². The van der Waals surface area contributed by atoms with Gasteiger partial charge in [0.15, 0.2) is 0 Å². The molecule has 0 bridgehead atoms. The summed E-state index contributed by atoms with van der Waals surface area (Å²) in [5.41, 5.74) is 1.09. The van der Waals surface area contributed by atoms with Crippen molar-refractivity contribution < 1.29 is 12.8 Å². The van der Waals surface area contributed by atoms with Crippen LogP contribution >= 0.6 is 15.9 Å². The average Bonchev–Trinajstić information content (AvgIpc) is 2.42. The van der Waals surface area contributed by atoms with Gasteiger partial charge in [0.05, 0.1) is 15.9 Å². The van der Waals surface area contributed by atoms with Crippen LogP contribution in [0.25, 0.3) is 0 Å². The minimum absolute atomic E-state index is 0.0747. The number of rotatable bonds is 5. The topological polar surface area (TPSA) is 59.1 Å². The smallest absolute Gasteiger partial charge is 0.233 e. The van der Waals surface area contributed by atoms with Crippen molar-refractivity contribution in [3.8, 4) is 0 Å². The van der Waals surface area contributed by atoms with E-state index in [1.54, 1.807) is 24.5 Å². The van der Waals surface area contributed by atoms with Gasteiger partial charge in [-0.25, -0.2) is 12.8 Å². The molecule has 2 rings (SSSR count). The average molecular weight is 359 g/mol. The Hall–Kier alpha value is -1.47. The van der Waals surface area contributed by atoms with Crippen LogP contribution in [-0.2, 0) is 16.4 Å². The standard InChI is InChI=1S/C13H12BrFN2O2S/c14-12-2-1-11(9-13(12)15)17-20(18,19)8-5-10-3-6-16-7-4-10/h1-4,6-7,9,17H,5,8H2. The first-order valence-electron chi connectivity index (χ1n) is 5.81. The number of halogens is 2. The Morgan fingerprint density at radius 1 is 1.20 bits per heavy atom. The summed E-state index contributed by atoms with van der Waals surface area (Å²) < 4.78 is 39.8. The molecule has 20 heavy (non-hydrogen) atoms. The molecule has 0 fully saturated rings. The lowest BCUT2D eigenvalue weighted by atomic mass is 10.2. The number of aromatic nitrogens is 1. The van der Waals surface area contributed by atoms with E-state index in [2.05, 4.69) is 25.6 Å². The van der Waals surface area contributed by atoms with Gasteiger partial charge < -0.3 is 0 Å². The largest absolute Gasteiger partial charge is 0.283 e. The van der Waals surface area contributed by atoms with Crippen LogP contribution in [0.4, 0.5) is 10.1 Å². The van der Waals surface area contributed by atoms with Crippen LogP contribution in [0.1, 0.15) is 5.56 Å². The lowest BCUT2D eigenvalue weighted by Crippen LogP contribution is -2.18. The summed E-state index contributed by atoms with van der Waals surface area (Å²) in [4.78, 5) is 3.86. The zero-order valence-corrected chi connectivity index (χ0v) is 12.8.